The summed E-state index contributed by atoms with van der Waals surface area (Å²) in [6.07, 6.45) is 0.188. The number of nitrogens with one attached hydrogen (secondary N) is 1. The number of hydrogen-bond acceptors (Lipinski definition) is 5. The lowest BCUT2D eigenvalue weighted by Crippen LogP contribution is -1.99. The Balaban J connectivity index is 2.86. The predicted octanol–water partition coefficient (Wildman–Crippen LogP) is 2.30. The van der Waals surface area contributed by atoms with Crippen LogP contribution in [0.4, 0.5) is 11.4 Å². The van der Waals surface area contributed by atoms with Gasteiger partial charge in [-0.2, -0.15) is 10.4 Å². The first-order valence-corrected chi connectivity index (χ1v) is 4.54. The van der Waals surface area contributed by atoms with Gasteiger partial charge in [-0.05, 0) is 13.0 Å². The summed E-state index contributed by atoms with van der Waals surface area (Å²) in [7, 11) is 0. The molecule has 0 unspecified atom stereocenters. The lowest BCUT2D eigenvalue weighted by Gasteiger charge is -2.01. The van der Waals surface area contributed by atoms with Crippen LogP contribution in [0.15, 0.2) is 29.4 Å². The zero-order valence-corrected chi connectivity index (χ0v) is 8.67. The fourth-order valence-electron chi connectivity index (χ4n) is 1.04. The summed E-state index contributed by atoms with van der Waals surface area (Å²) in [5.41, 5.74) is 3.41. The summed E-state index contributed by atoms with van der Waals surface area (Å²) in [6.45, 7) is 1.67. The van der Waals surface area contributed by atoms with Crippen molar-refractivity contribution in [2.45, 2.75) is 13.3 Å². The highest BCUT2D eigenvalue weighted by Gasteiger charge is 2.11. The number of para-hydroxylation sites is 2. The summed E-state index contributed by atoms with van der Waals surface area (Å²) < 4.78 is 0. The van der Waals surface area contributed by atoms with E-state index in [1.165, 1.54) is 6.07 Å². The molecular weight excluding hydrogens is 208 g/mol. The van der Waals surface area contributed by atoms with Crippen molar-refractivity contribution in [3.63, 3.8) is 0 Å². The van der Waals surface area contributed by atoms with E-state index in [0.717, 1.165) is 0 Å². The number of anilines is 1. The molecule has 0 heterocycles. The second-order valence-corrected chi connectivity index (χ2v) is 3.07. The second kappa shape index (κ2) is 5.46. The van der Waals surface area contributed by atoms with E-state index in [-0.39, 0.29) is 12.1 Å². The molecule has 1 N–H and O–H groups in total. The number of nitriles is 1. The van der Waals surface area contributed by atoms with Gasteiger partial charge in [-0.3, -0.25) is 15.5 Å². The molecule has 1 aromatic carbocycles. The standard InChI is InChI=1S/C10H10N4O2/c1-8(6-7-11)12-13-9-4-2-3-5-10(9)14(15)16/h2-5,13H,6H2,1H3. The van der Waals surface area contributed by atoms with Crippen LogP contribution in [0.3, 0.4) is 0 Å². The van der Waals surface area contributed by atoms with Gasteiger partial charge < -0.3 is 0 Å². The third-order valence-corrected chi connectivity index (χ3v) is 1.80. The quantitative estimate of drug-likeness (QED) is 0.476. The Bertz CT molecular complexity index is 462. The molecule has 0 fully saturated rings. The third-order valence-electron chi connectivity index (χ3n) is 1.80. The maximum absolute atomic E-state index is 10.7. The average Bonchev–Trinajstić information content (AvgIpc) is 2.27. The van der Waals surface area contributed by atoms with Crippen molar-refractivity contribution in [1.29, 1.82) is 5.26 Å². The largest absolute Gasteiger partial charge is 0.294 e. The first kappa shape index (κ1) is 11.7. The number of nitro benzene ring substituents is 1. The van der Waals surface area contributed by atoms with Gasteiger partial charge in [-0.15, -0.1) is 0 Å². The minimum atomic E-state index is -0.489. The monoisotopic (exact) mass is 218 g/mol. The van der Waals surface area contributed by atoms with Crippen LogP contribution in [0.1, 0.15) is 13.3 Å². The van der Waals surface area contributed by atoms with Crippen LogP contribution in [0.2, 0.25) is 0 Å². The number of nitrogens with zero attached hydrogens (tertiary/aromatic N) is 3. The number of benzene rings is 1. The van der Waals surface area contributed by atoms with E-state index in [0.29, 0.717) is 11.4 Å². The molecule has 0 atom stereocenters. The third kappa shape index (κ3) is 3.06. The second-order valence-electron chi connectivity index (χ2n) is 3.07. The molecule has 1 rings (SSSR count). The van der Waals surface area contributed by atoms with Gasteiger partial charge in [0.1, 0.15) is 5.69 Å². The zero-order chi connectivity index (χ0) is 12.0. The lowest BCUT2D eigenvalue weighted by molar-refractivity contribution is -0.384. The zero-order valence-electron chi connectivity index (χ0n) is 8.67. The van der Waals surface area contributed by atoms with Crippen LogP contribution in [-0.2, 0) is 0 Å². The average molecular weight is 218 g/mol. The van der Waals surface area contributed by atoms with Gasteiger partial charge in [-0.1, -0.05) is 12.1 Å². The summed E-state index contributed by atoms with van der Waals surface area (Å²) in [5, 5.41) is 22.9. The topological polar surface area (TPSA) is 91.3 Å². The Morgan fingerprint density at radius 3 is 2.94 bits per heavy atom. The summed E-state index contributed by atoms with van der Waals surface area (Å²) in [4.78, 5) is 10.2. The van der Waals surface area contributed by atoms with Crippen LogP contribution in [0, 0.1) is 21.4 Å². The van der Waals surface area contributed by atoms with Crippen molar-refractivity contribution in [3.05, 3.63) is 34.4 Å². The van der Waals surface area contributed by atoms with Gasteiger partial charge in [0.15, 0.2) is 0 Å². The molecule has 6 heteroatoms. The van der Waals surface area contributed by atoms with E-state index in [4.69, 9.17) is 5.26 Å². The molecule has 0 amide bonds. The fraction of sp³-hybridized carbons (Fsp3) is 0.200. The van der Waals surface area contributed by atoms with E-state index in [1.807, 2.05) is 6.07 Å². The normalized spacial score (nSPS) is 10.6. The Morgan fingerprint density at radius 2 is 2.31 bits per heavy atom. The van der Waals surface area contributed by atoms with Crippen LogP contribution in [-0.4, -0.2) is 10.6 Å². The molecule has 1 aromatic rings. The molecule has 0 saturated carbocycles. The summed E-state index contributed by atoms with van der Waals surface area (Å²) in [5.74, 6) is 0. The molecule has 0 aliphatic carbocycles. The maximum atomic E-state index is 10.7. The Kier molecular flexibility index (Phi) is 3.98. The highest BCUT2D eigenvalue weighted by atomic mass is 16.6. The van der Waals surface area contributed by atoms with Crippen molar-refractivity contribution in [1.82, 2.24) is 0 Å². The van der Waals surface area contributed by atoms with Crippen molar-refractivity contribution >= 4 is 17.1 Å². The minimum Gasteiger partial charge on any atom is -0.272 e. The highest BCUT2D eigenvalue weighted by Crippen LogP contribution is 2.22. The molecule has 0 aliphatic rings. The Labute approximate surface area is 92.4 Å². The molecule has 0 saturated heterocycles. The van der Waals surface area contributed by atoms with Crippen molar-refractivity contribution in [3.8, 4) is 6.07 Å². The number of hydrogen-bond donors (Lipinski definition) is 1. The maximum Gasteiger partial charge on any atom is 0.294 e. The van der Waals surface area contributed by atoms with E-state index >= 15 is 0 Å². The smallest absolute Gasteiger partial charge is 0.272 e. The van der Waals surface area contributed by atoms with Crippen LogP contribution in [0.25, 0.3) is 0 Å². The number of rotatable bonds is 4. The van der Waals surface area contributed by atoms with Crippen LogP contribution < -0.4 is 5.43 Å². The molecule has 0 aliphatic heterocycles. The number of nitro groups is 1. The molecule has 0 aromatic heterocycles. The van der Waals surface area contributed by atoms with Gasteiger partial charge in [0.05, 0.1) is 17.4 Å². The minimum absolute atomic E-state index is 0.0454. The first-order chi connectivity index (χ1) is 7.65. The Morgan fingerprint density at radius 1 is 1.62 bits per heavy atom. The van der Waals surface area contributed by atoms with Gasteiger partial charge in [0.25, 0.3) is 5.69 Å². The van der Waals surface area contributed by atoms with E-state index in [9.17, 15) is 10.1 Å². The van der Waals surface area contributed by atoms with Gasteiger partial charge in [0.2, 0.25) is 0 Å². The first-order valence-electron chi connectivity index (χ1n) is 4.54. The van der Waals surface area contributed by atoms with Crippen molar-refractivity contribution in [2.24, 2.45) is 5.10 Å². The molecule has 0 radical (unpaired) electrons. The van der Waals surface area contributed by atoms with E-state index < -0.39 is 4.92 Å². The fourth-order valence-corrected chi connectivity index (χ4v) is 1.04. The molecule has 0 bridgehead atoms. The summed E-state index contributed by atoms with van der Waals surface area (Å²) in [6, 6.07) is 8.13. The molecular formula is C10H10N4O2. The predicted molar refractivity (Wildman–Crippen MR) is 60.1 cm³/mol. The summed E-state index contributed by atoms with van der Waals surface area (Å²) >= 11 is 0. The van der Waals surface area contributed by atoms with Crippen LogP contribution in [0.5, 0.6) is 0 Å². The van der Waals surface area contributed by atoms with Crippen LogP contribution >= 0.6 is 0 Å². The van der Waals surface area contributed by atoms with Gasteiger partial charge in [-0.25, -0.2) is 0 Å². The van der Waals surface area contributed by atoms with Crippen molar-refractivity contribution < 1.29 is 4.92 Å². The molecule has 0 spiro atoms. The van der Waals surface area contributed by atoms with Gasteiger partial charge in [0, 0.05) is 11.8 Å². The van der Waals surface area contributed by atoms with E-state index in [2.05, 4.69) is 10.5 Å². The molecule has 6 nitrogen and oxygen atoms in total. The molecule has 82 valence electrons. The molecule has 16 heavy (non-hydrogen) atoms. The Hall–Kier alpha value is -2.42. The lowest BCUT2D eigenvalue weighted by atomic mass is 10.3. The highest BCUT2D eigenvalue weighted by molar-refractivity contribution is 5.84. The SMILES string of the molecule is CC(CC#N)=NNc1ccccc1[N+](=O)[O-]. The van der Waals surface area contributed by atoms with Gasteiger partial charge >= 0.3 is 0 Å². The van der Waals surface area contributed by atoms with Crippen molar-refractivity contribution in [2.75, 3.05) is 5.43 Å². The number of hydrazone groups is 1. The van der Waals surface area contributed by atoms with E-state index in [1.54, 1.807) is 25.1 Å².